The molecule has 1 aromatic heterocycles. The molecule has 2 atom stereocenters. The average Bonchev–Trinajstić information content (AvgIpc) is 2.99. The van der Waals surface area contributed by atoms with Crippen molar-refractivity contribution in [1.82, 2.24) is 10.3 Å². The summed E-state index contributed by atoms with van der Waals surface area (Å²) >= 11 is 1.79. The van der Waals surface area contributed by atoms with Crippen LogP contribution in [0.3, 0.4) is 0 Å². The molecule has 1 aromatic carbocycles. The van der Waals surface area contributed by atoms with Crippen LogP contribution < -0.4 is 10.1 Å². The van der Waals surface area contributed by atoms with Crippen LogP contribution in [0.15, 0.2) is 24.3 Å². The minimum atomic E-state index is 0.342. The Morgan fingerprint density at radius 2 is 2.20 bits per heavy atom. The Kier molecular flexibility index (Phi) is 3.76. The molecule has 1 aliphatic heterocycles. The fourth-order valence-corrected chi connectivity index (χ4v) is 3.71. The summed E-state index contributed by atoms with van der Waals surface area (Å²) in [5.74, 6) is 1.49. The zero-order valence-electron chi connectivity index (χ0n) is 12.1. The molecule has 2 aromatic rings. The Hall–Kier alpha value is -1.39. The van der Waals surface area contributed by atoms with Crippen LogP contribution in [0, 0.1) is 13.8 Å². The van der Waals surface area contributed by atoms with E-state index in [1.807, 2.05) is 6.07 Å². The molecule has 1 N–H and O–H groups in total. The highest BCUT2D eigenvalue weighted by Crippen LogP contribution is 2.33. The van der Waals surface area contributed by atoms with Gasteiger partial charge in [0.15, 0.2) is 0 Å². The standard InChI is InChI=1S/C16H20N2OS/c1-10(16-11(2)18-12(3)20-16)17-8-13-9-19-15-7-5-4-6-14(13)15/h4-7,10,13,17H,8-9H2,1-3H3. The van der Waals surface area contributed by atoms with Crippen molar-refractivity contribution in [1.29, 1.82) is 0 Å². The van der Waals surface area contributed by atoms with Gasteiger partial charge in [-0.05, 0) is 26.8 Å². The third-order valence-corrected chi connectivity index (χ3v) is 5.06. The van der Waals surface area contributed by atoms with Crippen LogP contribution in [0.2, 0.25) is 0 Å². The van der Waals surface area contributed by atoms with Gasteiger partial charge in [0, 0.05) is 28.9 Å². The quantitative estimate of drug-likeness (QED) is 0.933. The molecule has 20 heavy (non-hydrogen) atoms. The highest BCUT2D eigenvalue weighted by atomic mass is 32.1. The minimum absolute atomic E-state index is 0.342. The monoisotopic (exact) mass is 288 g/mol. The van der Waals surface area contributed by atoms with E-state index >= 15 is 0 Å². The lowest BCUT2D eigenvalue weighted by Gasteiger charge is -2.16. The molecule has 0 bridgehead atoms. The number of hydrogen-bond donors (Lipinski definition) is 1. The Labute approximate surface area is 124 Å². The van der Waals surface area contributed by atoms with E-state index in [4.69, 9.17) is 4.74 Å². The number of aryl methyl sites for hydroxylation is 2. The lowest BCUT2D eigenvalue weighted by atomic mass is 10.0. The number of benzene rings is 1. The molecular weight excluding hydrogens is 268 g/mol. The fraction of sp³-hybridized carbons (Fsp3) is 0.438. The average molecular weight is 288 g/mol. The first-order valence-electron chi connectivity index (χ1n) is 7.04. The van der Waals surface area contributed by atoms with E-state index in [2.05, 4.69) is 49.3 Å². The molecule has 3 nitrogen and oxygen atoms in total. The van der Waals surface area contributed by atoms with Crippen LogP contribution in [0.1, 0.15) is 40.0 Å². The van der Waals surface area contributed by atoms with Crippen LogP contribution in [0.4, 0.5) is 0 Å². The van der Waals surface area contributed by atoms with E-state index in [0.29, 0.717) is 12.0 Å². The van der Waals surface area contributed by atoms with Gasteiger partial charge in [0.05, 0.1) is 17.3 Å². The SMILES string of the molecule is Cc1nc(C)c(C(C)NCC2COc3ccccc32)s1. The number of rotatable bonds is 4. The molecule has 0 fully saturated rings. The number of hydrogen-bond acceptors (Lipinski definition) is 4. The van der Waals surface area contributed by atoms with E-state index in [-0.39, 0.29) is 0 Å². The van der Waals surface area contributed by atoms with E-state index in [1.165, 1.54) is 10.4 Å². The number of ether oxygens (including phenoxy) is 1. The van der Waals surface area contributed by atoms with Crippen LogP contribution in [-0.2, 0) is 0 Å². The smallest absolute Gasteiger partial charge is 0.122 e. The summed E-state index contributed by atoms with van der Waals surface area (Å²) in [6.45, 7) is 8.08. The lowest BCUT2D eigenvalue weighted by Crippen LogP contribution is -2.25. The minimum Gasteiger partial charge on any atom is -0.493 e. The summed E-state index contributed by atoms with van der Waals surface area (Å²) in [6, 6.07) is 8.67. The third kappa shape index (κ3) is 2.58. The van der Waals surface area contributed by atoms with Crippen molar-refractivity contribution in [2.24, 2.45) is 0 Å². The summed E-state index contributed by atoms with van der Waals surface area (Å²) in [7, 11) is 0. The van der Waals surface area contributed by atoms with Crippen molar-refractivity contribution in [3.63, 3.8) is 0 Å². The van der Waals surface area contributed by atoms with Crippen molar-refractivity contribution in [3.05, 3.63) is 45.4 Å². The summed E-state index contributed by atoms with van der Waals surface area (Å²) in [4.78, 5) is 5.84. The maximum atomic E-state index is 5.73. The highest BCUT2D eigenvalue weighted by Gasteiger charge is 2.24. The van der Waals surface area contributed by atoms with Gasteiger partial charge in [-0.15, -0.1) is 11.3 Å². The number of thiazole rings is 1. The first-order valence-corrected chi connectivity index (χ1v) is 7.86. The molecule has 3 rings (SSSR count). The molecule has 0 amide bonds. The maximum Gasteiger partial charge on any atom is 0.122 e. The molecule has 1 aliphatic rings. The summed E-state index contributed by atoms with van der Waals surface area (Å²) in [5.41, 5.74) is 2.47. The Bertz CT molecular complexity index is 608. The van der Waals surface area contributed by atoms with Gasteiger partial charge in [-0.2, -0.15) is 0 Å². The summed E-state index contributed by atoms with van der Waals surface area (Å²) in [6.07, 6.45) is 0. The largest absolute Gasteiger partial charge is 0.493 e. The first kappa shape index (κ1) is 13.6. The third-order valence-electron chi connectivity index (χ3n) is 3.80. The van der Waals surface area contributed by atoms with Crippen molar-refractivity contribution in [3.8, 4) is 5.75 Å². The molecule has 106 valence electrons. The molecule has 0 saturated heterocycles. The normalized spacial score (nSPS) is 18.6. The first-order chi connectivity index (χ1) is 9.65. The van der Waals surface area contributed by atoms with Crippen molar-refractivity contribution < 1.29 is 4.74 Å². The number of fused-ring (bicyclic) bond motifs is 1. The van der Waals surface area contributed by atoms with Gasteiger partial charge in [-0.25, -0.2) is 4.98 Å². The molecule has 2 heterocycles. The second-order valence-corrected chi connectivity index (χ2v) is 6.59. The van der Waals surface area contributed by atoms with Gasteiger partial charge in [0.2, 0.25) is 0 Å². The van der Waals surface area contributed by atoms with Crippen molar-refractivity contribution in [2.45, 2.75) is 32.7 Å². The number of aromatic nitrogens is 1. The van der Waals surface area contributed by atoms with Gasteiger partial charge >= 0.3 is 0 Å². The van der Waals surface area contributed by atoms with Crippen molar-refractivity contribution in [2.75, 3.05) is 13.2 Å². The van der Waals surface area contributed by atoms with Crippen LogP contribution in [-0.4, -0.2) is 18.1 Å². The van der Waals surface area contributed by atoms with Gasteiger partial charge in [-0.1, -0.05) is 18.2 Å². The van der Waals surface area contributed by atoms with Crippen LogP contribution in [0.5, 0.6) is 5.75 Å². The predicted molar refractivity (Wildman–Crippen MR) is 82.7 cm³/mol. The van der Waals surface area contributed by atoms with E-state index in [9.17, 15) is 0 Å². The molecule has 0 aliphatic carbocycles. The van der Waals surface area contributed by atoms with Gasteiger partial charge in [-0.3, -0.25) is 0 Å². The molecule has 0 radical (unpaired) electrons. The van der Waals surface area contributed by atoms with Crippen LogP contribution in [0.25, 0.3) is 0 Å². The molecular formula is C16H20N2OS. The highest BCUT2D eigenvalue weighted by molar-refractivity contribution is 7.11. The second-order valence-electron chi connectivity index (χ2n) is 5.36. The van der Waals surface area contributed by atoms with Gasteiger partial charge in [0.25, 0.3) is 0 Å². The molecule has 2 unspecified atom stereocenters. The van der Waals surface area contributed by atoms with E-state index in [1.54, 1.807) is 11.3 Å². The number of para-hydroxylation sites is 1. The van der Waals surface area contributed by atoms with Gasteiger partial charge < -0.3 is 10.1 Å². The Morgan fingerprint density at radius 1 is 1.40 bits per heavy atom. The molecule has 0 spiro atoms. The number of nitrogens with zero attached hydrogens (tertiary/aromatic N) is 1. The zero-order chi connectivity index (χ0) is 14.1. The summed E-state index contributed by atoms with van der Waals surface area (Å²) in [5, 5.41) is 4.77. The second kappa shape index (κ2) is 5.54. The Balaban J connectivity index is 1.65. The lowest BCUT2D eigenvalue weighted by molar-refractivity contribution is 0.323. The van der Waals surface area contributed by atoms with Gasteiger partial charge in [0.1, 0.15) is 5.75 Å². The van der Waals surface area contributed by atoms with Crippen molar-refractivity contribution >= 4 is 11.3 Å². The Morgan fingerprint density at radius 3 is 2.95 bits per heavy atom. The van der Waals surface area contributed by atoms with Crippen LogP contribution >= 0.6 is 11.3 Å². The maximum absolute atomic E-state index is 5.73. The zero-order valence-corrected chi connectivity index (χ0v) is 13.0. The predicted octanol–water partition coefficient (Wildman–Crippen LogP) is 3.59. The fourth-order valence-electron chi connectivity index (χ4n) is 2.76. The summed E-state index contributed by atoms with van der Waals surface area (Å²) < 4.78 is 5.73. The topological polar surface area (TPSA) is 34.2 Å². The van der Waals surface area contributed by atoms with E-state index in [0.717, 1.165) is 29.6 Å². The molecule has 0 saturated carbocycles. The molecule has 4 heteroatoms. The van der Waals surface area contributed by atoms with E-state index < -0.39 is 0 Å². The number of nitrogens with one attached hydrogen (secondary N) is 1.